The smallest absolute Gasteiger partial charge is 0.223 e. The lowest BCUT2D eigenvalue weighted by Crippen LogP contribution is -2.02. The van der Waals surface area contributed by atoms with Gasteiger partial charge in [0, 0.05) is 11.6 Å². The summed E-state index contributed by atoms with van der Waals surface area (Å²) in [5.41, 5.74) is 6.38. The van der Waals surface area contributed by atoms with Crippen molar-refractivity contribution in [2.75, 3.05) is 20.0 Å². The van der Waals surface area contributed by atoms with E-state index in [9.17, 15) is 0 Å². The molecule has 94 valence electrons. The molecule has 1 aromatic carbocycles. The zero-order valence-electron chi connectivity index (χ0n) is 10.5. The molecule has 1 heterocycles. The fraction of sp³-hybridized carbons (Fsp3) is 0.250. The second kappa shape index (κ2) is 4.87. The van der Waals surface area contributed by atoms with E-state index in [4.69, 9.17) is 15.2 Å². The SMILES string of the molecule is COc1cc(OC)cc(-c2nc(C)nc(N)n2)c1. The third kappa shape index (κ3) is 2.48. The van der Waals surface area contributed by atoms with Gasteiger partial charge in [0.2, 0.25) is 5.95 Å². The molecular formula is C12H14N4O2. The van der Waals surface area contributed by atoms with Gasteiger partial charge in [-0.15, -0.1) is 0 Å². The van der Waals surface area contributed by atoms with E-state index in [-0.39, 0.29) is 5.95 Å². The largest absolute Gasteiger partial charge is 0.497 e. The van der Waals surface area contributed by atoms with E-state index in [2.05, 4.69) is 15.0 Å². The molecule has 0 saturated carbocycles. The Hall–Kier alpha value is -2.37. The van der Waals surface area contributed by atoms with Crippen molar-refractivity contribution >= 4 is 5.95 Å². The lowest BCUT2D eigenvalue weighted by molar-refractivity contribution is 0.394. The molecule has 0 saturated heterocycles. The number of nitrogens with zero attached hydrogens (tertiary/aromatic N) is 3. The van der Waals surface area contributed by atoms with Crippen molar-refractivity contribution in [3.05, 3.63) is 24.0 Å². The Morgan fingerprint density at radius 2 is 1.56 bits per heavy atom. The van der Waals surface area contributed by atoms with Crippen LogP contribution in [-0.2, 0) is 0 Å². The Labute approximate surface area is 105 Å². The molecule has 0 aliphatic rings. The highest BCUT2D eigenvalue weighted by Crippen LogP contribution is 2.27. The minimum absolute atomic E-state index is 0.194. The van der Waals surface area contributed by atoms with E-state index in [1.54, 1.807) is 27.2 Å². The Morgan fingerprint density at radius 3 is 2.06 bits per heavy atom. The molecule has 0 fully saturated rings. The second-order valence-corrected chi connectivity index (χ2v) is 3.67. The van der Waals surface area contributed by atoms with Gasteiger partial charge in [-0.25, -0.2) is 4.98 Å². The Balaban J connectivity index is 2.55. The molecule has 0 aliphatic heterocycles. The summed E-state index contributed by atoms with van der Waals surface area (Å²) in [5, 5.41) is 0. The summed E-state index contributed by atoms with van der Waals surface area (Å²) in [6, 6.07) is 5.41. The number of rotatable bonds is 3. The van der Waals surface area contributed by atoms with Crippen LogP contribution in [0.4, 0.5) is 5.95 Å². The number of nitrogens with two attached hydrogens (primary N) is 1. The van der Waals surface area contributed by atoms with Gasteiger partial charge in [0.1, 0.15) is 17.3 Å². The first-order valence-electron chi connectivity index (χ1n) is 5.34. The lowest BCUT2D eigenvalue weighted by atomic mass is 10.2. The van der Waals surface area contributed by atoms with Crippen LogP contribution < -0.4 is 15.2 Å². The molecule has 0 radical (unpaired) electrons. The topological polar surface area (TPSA) is 83.2 Å². The van der Waals surface area contributed by atoms with Crippen molar-refractivity contribution in [3.63, 3.8) is 0 Å². The van der Waals surface area contributed by atoms with Gasteiger partial charge in [-0.3, -0.25) is 0 Å². The summed E-state index contributed by atoms with van der Waals surface area (Å²) in [6.45, 7) is 1.76. The van der Waals surface area contributed by atoms with Gasteiger partial charge < -0.3 is 15.2 Å². The fourth-order valence-corrected chi connectivity index (χ4v) is 1.57. The van der Waals surface area contributed by atoms with Crippen LogP contribution in [0.15, 0.2) is 18.2 Å². The number of ether oxygens (including phenoxy) is 2. The maximum Gasteiger partial charge on any atom is 0.223 e. The van der Waals surface area contributed by atoms with Crippen molar-refractivity contribution in [1.82, 2.24) is 15.0 Å². The summed E-state index contributed by atoms with van der Waals surface area (Å²) in [6.07, 6.45) is 0. The van der Waals surface area contributed by atoms with Crippen molar-refractivity contribution in [2.45, 2.75) is 6.92 Å². The Morgan fingerprint density at radius 1 is 0.944 bits per heavy atom. The van der Waals surface area contributed by atoms with Gasteiger partial charge >= 0.3 is 0 Å². The van der Waals surface area contributed by atoms with Crippen LogP contribution in [0.5, 0.6) is 11.5 Å². The van der Waals surface area contributed by atoms with Crippen LogP contribution in [0.3, 0.4) is 0 Å². The maximum atomic E-state index is 5.61. The number of nitrogen functional groups attached to an aromatic ring is 1. The zero-order valence-corrected chi connectivity index (χ0v) is 10.5. The first-order valence-corrected chi connectivity index (χ1v) is 5.34. The first kappa shape index (κ1) is 12.1. The quantitative estimate of drug-likeness (QED) is 0.882. The van der Waals surface area contributed by atoms with Gasteiger partial charge in [0.15, 0.2) is 5.82 Å². The van der Waals surface area contributed by atoms with Gasteiger partial charge in [-0.05, 0) is 19.1 Å². The van der Waals surface area contributed by atoms with Crippen molar-refractivity contribution in [1.29, 1.82) is 0 Å². The van der Waals surface area contributed by atoms with E-state index in [0.717, 1.165) is 5.56 Å². The normalized spacial score (nSPS) is 10.2. The predicted molar refractivity (Wildman–Crippen MR) is 67.5 cm³/mol. The van der Waals surface area contributed by atoms with Gasteiger partial charge in [-0.2, -0.15) is 9.97 Å². The molecule has 6 nitrogen and oxygen atoms in total. The van der Waals surface area contributed by atoms with E-state index in [1.165, 1.54) is 0 Å². The van der Waals surface area contributed by atoms with Crippen LogP contribution in [0, 0.1) is 6.92 Å². The Kier molecular flexibility index (Phi) is 3.27. The second-order valence-electron chi connectivity index (χ2n) is 3.67. The monoisotopic (exact) mass is 246 g/mol. The first-order chi connectivity index (χ1) is 8.62. The highest BCUT2D eigenvalue weighted by molar-refractivity contribution is 5.61. The minimum Gasteiger partial charge on any atom is -0.497 e. The molecule has 0 amide bonds. The van der Waals surface area contributed by atoms with E-state index in [0.29, 0.717) is 23.1 Å². The van der Waals surface area contributed by atoms with Crippen molar-refractivity contribution < 1.29 is 9.47 Å². The molecule has 6 heteroatoms. The third-order valence-electron chi connectivity index (χ3n) is 2.37. The summed E-state index contributed by atoms with van der Waals surface area (Å²) < 4.78 is 10.4. The number of anilines is 1. The van der Waals surface area contributed by atoms with Crippen LogP contribution in [0.1, 0.15) is 5.82 Å². The molecular weight excluding hydrogens is 232 g/mol. The third-order valence-corrected chi connectivity index (χ3v) is 2.37. The Bertz CT molecular complexity index is 529. The van der Waals surface area contributed by atoms with Crippen LogP contribution in [-0.4, -0.2) is 29.2 Å². The summed E-state index contributed by atoms with van der Waals surface area (Å²) in [5.74, 6) is 2.60. The molecule has 0 atom stereocenters. The molecule has 0 unspecified atom stereocenters. The average Bonchev–Trinajstić information content (AvgIpc) is 2.37. The number of hydrogen-bond acceptors (Lipinski definition) is 6. The number of hydrogen-bond donors (Lipinski definition) is 1. The molecule has 0 bridgehead atoms. The summed E-state index contributed by atoms with van der Waals surface area (Å²) >= 11 is 0. The van der Waals surface area contributed by atoms with Crippen LogP contribution in [0.2, 0.25) is 0 Å². The molecule has 2 N–H and O–H groups in total. The fourth-order valence-electron chi connectivity index (χ4n) is 1.57. The van der Waals surface area contributed by atoms with Gasteiger partial charge in [-0.1, -0.05) is 0 Å². The van der Waals surface area contributed by atoms with Crippen molar-refractivity contribution in [3.8, 4) is 22.9 Å². The lowest BCUT2D eigenvalue weighted by Gasteiger charge is -2.08. The highest BCUT2D eigenvalue weighted by atomic mass is 16.5. The molecule has 2 rings (SSSR count). The standard InChI is InChI=1S/C12H14N4O2/c1-7-14-11(16-12(13)15-7)8-4-9(17-2)6-10(5-8)18-3/h4-6H,1-3H3,(H2,13,14,15,16). The average molecular weight is 246 g/mol. The molecule has 0 aliphatic carbocycles. The molecule has 2 aromatic rings. The number of methoxy groups -OCH3 is 2. The molecule has 1 aromatic heterocycles. The van der Waals surface area contributed by atoms with E-state index < -0.39 is 0 Å². The summed E-state index contributed by atoms with van der Waals surface area (Å²) in [7, 11) is 3.18. The van der Waals surface area contributed by atoms with Crippen LogP contribution >= 0.6 is 0 Å². The predicted octanol–water partition coefficient (Wildman–Crippen LogP) is 1.45. The van der Waals surface area contributed by atoms with Crippen molar-refractivity contribution in [2.24, 2.45) is 0 Å². The molecule has 0 spiro atoms. The number of aromatic nitrogens is 3. The van der Waals surface area contributed by atoms with Gasteiger partial charge in [0.25, 0.3) is 0 Å². The summed E-state index contributed by atoms with van der Waals surface area (Å²) in [4.78, 5) is 12.3. The molecule has 18 heavy (non-hydrogen) atoms. The van der Waals surface area contributed by atoms with E-state index in [1.807, 2.05) is 12.1 Å². The van der Waals surface area contributed by atoms with Crippen LogP contribution in [0.25, 0.3) is 11.4 Å². The maximum absolute atomic E-state index is 5.61. The zero-order chi connectivity index (χ0) is 13.1. The highest BCUT2D eigenvalue weighted by Gasteiger charge is 2.08. The van der Waals surface area contributed by atoms with E-state index >= 15 is 0 Å². The number of aryl methyl sites for hydroxylation is 1. The van der Waals surface area contributed by atoms with Gasteiger partial charge in [0.05, 0.1) is 14.2 Å². The minimum atomic E-state index is 0.194. The number of benzene rings is 1.